The van der Waals surface area contributed by atoms with Crippen molar-refractivity contribution in [2.45, 2.75) is 31.8 Å². The predicted octanol–water partition coefficient (Wildman–Crippen LogP) is 3.12. The highest BCUT2D eigenvalue weighted by molar-refractivity contribution is 7.17. The maximum absolute atomic E-state index is 13.1. The molecule has 0 bridgehead atoms. The minimum absolute atomic E-state index is 0.0631. The van der Waals surface area contributed by atoms with Gasteiger partial charge in [0.05, 0.1) is 23.6 Å². The summed E-state index contributed by atoms with van der Waals surface area (Å²) in [6.07, 6.45) is 0.0664. The van der Waals surface area contributed by atoms with Crippen molar-refractivity contribution in [1.82, 2.24) is 10.2 Å². The summed E-state index contributed by atoms with van der Waals surface area (Å²) in [7, 11) is 0. The molecule has 1 unspecified atom stereocenters. The molecule has 8 heteroatoms. The third-order valence-electron chi connectivity index (χ3n) is 5.94. The SMILES string of the molecule is O=C1CCC(N2C(=O)c3cccc(CNC(=O)c4ccc5sccc5c4)c3C2=O)C(=O)C1. The highest BCUT2D eigenvalue weighted by Gasteiger charge is 2.45. The first kappa shape index (κ1) is 20.3. The number of hydrogen-bond acceptors (Lipinski definition) is 6. The molecule has 5 rings (SSSR count). The van der Waals surface area contributed by atoms with Gasteiger partial charge in [0.2, 0.25) is 0 Å². The van der Waals surface area contributed by atoms with Crippen LogP contribution >= 0.6 is 11.3 Å². The molecule has 32 heavy (non-hydrogen) atoms. The number of ketones is 2. The minimum atomic E-state index is -0.917. The summed E-state index contributed by atoms with van der Waals surface area (Å²) in [5.41, 5.74) is 1.43. The fourth-order valence-electron chi connectivity index (χ4n) is 4.32. The van der Waals surface area contributed by atoms with Crippen molar-refractivity contribution < 1.29 is 24.0 Å². The van der Waals surface area contributed by atoms with Crippen LogP contribution in [-0.2, 0) is 16.1 Å². The Labute approximate surface area is 187 Å². The van der Waals surface area contributed by atoms with Crippen molar-refractivity contribution in [1.29, 1.82) is 0 Å². The average molecular weight is 446 g/mol. The Bertz CT molecular complexity index is 1320. The second-order valence-corrected chi connectivity index (χ2v) is 8.86. The van der Waals surface area contributed by atoms with E-state index in [4.69, 9.17) is 0 Å². The van der Waals surface area contributed by atoms with Gasteiger partial charge in [-0.3, -0.25) is 28.9 Å². The second-order valence-electron chi connectivity index (χ2n) is 7.91. The van der Waals surface area contributed by atoms with E-state index in [-0.39, 0.29) is 48.6 Å². The lowest BCUT2D eigenvalue weighted by molar-refractivity contribution is -0.132. The zero-order chi connectivity index (χ0) is 22.4. The number of imide groups is 1. The largest absolute Gasteiger partial charge is 0.348 e. The van der Waals surface area contributed by atoms with Crippen molar-refractivity contribution in [3.05, 3.63) is 70.1 Å². The number of carbonyl (C=O) groups is 5. The first-order chi connectivity index (χ1) is 15.4. The average Bonchev–Trinajstić information content (AvgIpc) is 3.35. The number of amides is 3. The van der Waals surface area contributed by atoms with E-state index in [1.54, 1.807) is 35.6 Å². The third-order valence-corrected chi connectivity index (χ3v) is 6.84. The Morgan fingerprint density at radius 3 is 2.72 bits per heavy atom. The number of Topliss-reactive ketones (excluding diaryl/α,β-unsaturated/α-hetero) is 2. The Kier molecular flexibility index (Phi) is 4.94. The lowest BCUT2D eigenvalue weighted by Gasteiger charge is -2.27. The molecule has 1 atom stereocenters. The summed E-state index contributed by atoms with van der Waals surface area (Å²) in [6, 6.07) is 11.4. The molecule has 1 aliphatic heterocycles. The monoisotopic (exact) mass is 446 g/mol. The Morgan fingerprint density at radius 1 is 1.06 bits per heavy atom. The molecule has 0 radical (unpaired) electrons. The molecular formula is C24H18N2O5S. The number of hydrogen-bond donors (Lipinski definition) is 1. The van der Waals surface area contributed by atoms with Crippen LogP contribution in [0.15, 0.2) is 47.8 Å². The van der Waals surface area contributed by atoms with Gasteiger partial charge in [-0.15, -0.1) is 11.3 Å². The first-order valence-corrected chi connectivity index (χ1v) is 11.1. The maximum Gasteiger partial charge on any atom is 0.262 e. The lowest BCUT2D eigenvalue weighted by Crippen LogP contribution is -2.47. The molecule has 3 amide bonds. The van der Waals surface area contributed by atoms with E-state index in [1.165, 1.54) is 0 Å². The second kappa shape index (κ2) is 7.80. The highest BCUT2D eigenvalue weighted by Crippen LogP contribution is 2.31. The van der Waals surface area contributed by atoms with Crippen LogP contribution in [0, 0.1) is 0 Å². The van der Waals surface area contributed by atoms with Crippen molar-refractivity contribution in [2.24, 2.45) is 0 Å². The zero-order valence-corrected chi connectivity index (χ0v) is 17.7. The Morgan fingerprint density at radius 2 is 1.91 bits per heavy atom. The number of nitrogens with zero attached hydrogens (tertiary/aromatic N) is 1. The van der Waals surface area contributed by atoms with Crippen LogP contribution < -0.4 is 5.32 Å². The van der Waals surface area contributed by atoms with Crippen LogP contribution in [0.3, 0.4) is 0 Å². The first-order valence-electron chi connectivity index (χ1n) is 10.2. The van der Waals surface area contributed by atoms with Gasteiger partial charge in [0.15, 0.2) is 5.78 Å². The number of rotatable bonds is 4. The van der Waals surface area contributed by atoms with Gasteiger partial charge in [-0.1, -0.05) is 12.1 Å². The Hall–Kier alpha value is -3.65. The van der Waals surface area contributed by atoms with E-state index in [0.717, 1.165) is 15.0 Å². The number of carbonyl (C=O) groups excluding carboxylic acids is 5. The smallest absolute Gasteiger partial charge is 0.262 e. The van der Waals surface area contributed by atoms with E-state index < -0.39 is 23.6 Å². The van der Waals surface area contributed by atoms with Crippen LogP contribution in [0.4, 0.5) is 0 Å². The fourth-order valence-corrected chi connectivity index (χ4v) is 5.09. The minimum Gasteiger partial charge on any atom is -0.348 e. The molecule has 2 aliphatic rings. The van der Waals surface area contributed by atoms with Crippen molar-refractivity contribution >= 4 is 50.7 Å². The van der Waals surface area contributed by atoms with Crippen molar-refractivity contribution in [3.63, 3.8) is 0 Å². The topological polar surface area (TPSA) is 101 Å². The summed E-state index contributed by atoms with van der Waals surface area (Å²) >= 11 is 1.60. The van der Waals surface area contributed by atoms with Gasteiger partial charge in [0.1, 0.15) is 5.78 Å². The molecule has 1 saturated carbocycles. The summed E-state index contributed by atoms with van der Waals surface area (Å²) in [5, 5.41) is 5.76. The molecule has 160 valence electrons. The van der Waals surface area contributed by atoms with Crippen LogP contribution in [0.25, 0.3) is 10.1 Å². The summed E-state index contributed by atoms with van der Waals surface area (Å²) in [4.78, 5) is 63.6. The van der Waals surface area contributed by atoms with Crippen molar-refractivity contribution in [3.8, 4) is 0 Å². The highest BCUT2D eigenvalue weighted by atomic mass is 32.1. The molecule has 2 aromatic carbocycles. The fraction of sp³-hybridized carbons (Fsp3) is 0.208. The van der Waals surface area contributed by atoms with E-state index in [1.807, 2.05) is 23.6 Å². The van der Waals surface area contributed by atoms with Crippen LogP contribution in [0.2, 0.25) is 0 Å². The Balaban J connectivity index is 1.37. The van der Waals surface area contributed by atoms with E-state index in [9.17, 15) is 24.0 Å². The molecule has 0 saturated heterocycles. The van der Waals surface area contributed by atoms with Gasteiger partial charge in [-0.25, -0.2) is 0 Å². The van der Waals surface area contributed by atoms with Crippen LogP contribution in [0.5, 0.6) is 0 Å². The van der Waals surface area contributed by atoms with E-state index >= 15 is 0 Å². The number of fused-ring (bicyclic) bond motifs is 2. The zero-order valence-electron chi connectivity index (χ0n) is 16.9. The van der Waals surface area contributed by atoms with Gasteiger partial charge in [-0.05, 0) is 53.1 Å². The maximum atomic E-state index is 13.1. The molecule has 1 aliphatic carbocycles. The third kappa shape index (κ3) is 3.33. The number of nitrogens with one attached hydrogen (secondary N) is 1. The quantitative estimate of drug-likeness (QED) is 0.490. The molecule has 1 aromatic heterocycles. The van der Waals surface area contributed by atoms with Crippen LogP contribution in [-0.4, -0.2) is 40.2 Å². The van der Waals surface area contributed by atoms with Crippen molar-refractivity contribution in [2.75, 3.05) is 0 Å². The molecule has 7 nitrogen and oxygen atoms in total. The molecule has 0 spiro atoms. The summed E-state index contributed by atoms with van der Waals surface area (Å²) in [5.74, 6) is -1.96. The van der Waals surface area contributed by atoms with Gasteiger partial charge in [0, 0.05) is 23.2 Å². The molecule has 3 aromatic rings. The van der Waals surface area contributed by atoms with Crippen LogP contribution in [0.1, 0.15) is 55.9 Å². The van der Waals surface area contributed by atoms with E-state index in [2.05, 4.69) is 5.32 Å². The number of thiophene rings is 1. The standard InChI is InChI=1S/C24H18N2O5S/c27-16-5-6-18(19(28)11-16)26-23(30)17-3-1-2-15(21(17)24(26)31)12-25-22(29)14-4-7-20-13(10-14)8-9-32-20/h1-4,7-10,18H,5-6,11-12H2,(H,25,29). The lowest BCUT2D eigenvalue weighted by atomic mass is 9.92. The molecule has 1 fully saturated rings. The molecular weight excluding hydrogens is 428 g/mol. The molecule has 1 N–H and O–H groups in total. The van der Waals surface area contributed by atoms with E-state index in [0.29, 0.717) is 11.1 Å². The summed E-state index contributed by atoms with van der Waals surface area (Å²) < 4.78 is 1.09. The van der Waals surface area contributed by atoms with Gasteiger partial charge >= 0.3 is 0 Å². The normalized spacial score (nSPS) is 18.4. The van der Waals surface area contributed by atoms with Gasteiger partial charge in [0.25, 0.3) is 17.7 Å². The number of benzene rings is 2. The van der Waals surface area contributed by atoms with Gasteiger partial charge < -0.3 is 5.32 Å². The molecule has 2 heterocycles. The predicted molar refractivity (Wildman–Crippen MR) is 118 cm³/mol. The summed E-state index contributed by atoms with van der Waals surface area (Å²) in [6.45, 7) is 0.0631. The van der Waals surface area contributed by atoms with Gasteiger partial charge in [-0.2, -0.15) is 0 Å².